The summed E-state index contributed by atoms with van der Waals surface area (Å²) in [7, 11) is 1.72. The molecule has 1 aliphatic heterocycles. The molecule has 4 rings (SSSR count). The Hall–Kier alpha value is -2.69. The molecule has 2 N–H and O–H groups in total. The van der Waals surface area contributed by atoms with Crippen molar-refractivity contribution in [3.8, 4) is 11.5 Å². The van der Waals surface area contributed by atoms with Gasteiger partial charge in [0, 0.05) is 44.0 Å². The topological polar surface area (TPSA) is 65.7 Å². The first-order valence-corrected chi connectivity index (χ1v) is 10.3. The smallest absolute Gasteiger partial charge is 0.226 e. The van der Waals surface area contributed by atoms with Crippen LogP contribution in [0.1, 0.15) is 12.1 Å². The summed E-state index contributed by atoms with van der Waals surface area (Å²) in [5.41, 5.74) is 2.43. The number of nitrogens with one attached hydrogen (secondary N) is 2. The molecule has 0 spiro atoms. The lowest BCUT2D eigenvalue weighted by molar-refractivity contribution is 0.508. The van der Waals surface area contributed by atoms with Gasteiger partial charge in [-0.05, 0) is 36.6 Å². The van der Waals surface area contributed by atoms with Crippen molar-refractivity contribution in [2.75, 3.05) is 31.6 Å². The SMILES string of the molecule is CN=C(NCc1coc(-c2ccccc2)n1)NCC1CCN(c2ccc(F)c(F)c2)C1.I. The third-order valence-electron chi connectivity index (χ3n) is 5.35. The van der Waals surface area contributed by atoms with Crippen LogP contribution in [-0.2, 0) is 6.54 Å². The quantitative estimate of drug-likeness (QED) is 0.269. The number of aliphatic imine (C=N–C) groups is 1. The van der Waals surface area contributed by atoms with Crippen LogP contribution in [0.3, 0.4) is 0 Å². The number of hydrogen-bond acceptors (Lipinski definition) is 4. The Kier molecular flexibility index (Phi) is 8.43. The zero-order chi connectivity index (χ0) is 21.6. The van der Waals surface area contributed by atoms with Crippen molar-refractivity contribution in [2.24, 2.45) is 10.9 Å². The Labute approximate surface area is 203 Å². The highest BCUT2D eigenvalue weighted by Gasteiger charge is 2.23. The van der Waals surface area contributed by atoms with E-state index in [4.69, 9.17) is 4.42 Å². The first-order valence-electron chi connectivity index (χ1n) is 10.3. The van der Waals surface area contributed by atoms with Crippen LogP contribution in [0.5, 0.6) is 0 Å². The number of benzene rings is 2. The number of guanidine groups is 1. The largest absolute Gasteiger partial charge is 0.444 e. The molecule has 170 valence electrons. The predicted molar refractivity (Wildman–Crippen MR) is 132 cm³/mol. The zero-order valence-electron chi connectivity index (χ0n) is 17.7. The summed E-state index contributed by atoms with van der Waals surface area (Å²) < 4.78 is 32.2. The Morgan fingerprint density at radius 1 is 1.16 bits per heavy atom. The van der Waals surface area contributed by atoms with Gasteiger partial charge in [0.05, 0.1) is 12.2 Å². The standard InChI is InChI=1S/C23H25F2N5O.HI/c1-26-23(28-13-18-15-31-22(29-18)17-5-3-2-4-6-17)27-12-16-9-10-30(14-16)19-7-8-20(24)21(25)11-19;/h2-8,11,15-16H,9-10,12-14H2,1H3,(H2,26,27,28);1H. The number of aromatic nitrogens is 1. The molecule has 1 saturated heterocycles. The normalized spacial score (nSPS) is 16.0. The van der Waals surface area contributed by atoms with Crippen LogP contribution in [0.2, 0.25) is 0 Å². The first-order chi connectivity index (χ1) is 15.1. The maximum absolute atomic E-state index is 13.5. The van der Waals surface area contributed by atoms with Gasteiger partial charge in [0.15, 0.2) is 17.6 Å². The molecule has 32 heavy (non-hydrogen) atoms. The molecule has 0 bridgehead atoms. The lowest BCUT2D eigenvalue weighted by Crippen LogP contribution is -2.40. The van der Waals surface area contributed by atoms with Gasteiger partial charge in [-0.3, -0.25) is 4.99 Å². The van der Waals surface area contributed by atoms with Crippen LogP contribution in [0.4, 0.5) is 14.5 Å². The highest BCUT2D eigenvalue weighted by atomic mass is 127. The van der Waals surface area contributed by atoms with E-state index in [1.807, 2.05) is 30.3 Å². The van der Waals surface area contributed by atoms with Crippen LogP contribution in [0.15, 0.2) is 64.2 Å². The van der Waals surface area contributed by atoms with Crippen molar-refractivity contribution in [1.82, 2.24) is 15.6 Å². The highest BCUT2D eigenvalue weighted by Crippen LogP contribution is 2.25. The van der Waals surface area contributed by atoms with Crippen molar-refractivity contribution >= 4 is 35.6 Å². The molecule has 1 aromatic heterocycles. The minimum Gasteiger partial charge on any atom is -0.444 e. The number of oxazole rings is 1. The molecule has 3 aromatic rings. The second-order valence-corrected chi connectivity index (χ2v) is 7.52. The Bertz CT molecular complexity index is 1040. The number of halogens is 3. The van der Waals surface area contributed by atoms with Crippen molar-refractivity contribution in [2.45, 2.75) is 13.0 Å². The maximum atomic E-state index is 13.5. The van der Waals surface area contributed by atoms with Gasteiger partial charge >= 0.3 is 0 Å². The molecule has 0 amide bonds. The lowest BCUT2D eigenvalue weighted by atomic mass is 10.1. The molecule has 1 fully saturated rings. The maximum Gasteiger partial charge on any atom is 0.226 e. The van der Waals surface area contributed by atoms with Gasteiger partial charge in [-0.25, -0.2) is 13.8 Å². The number of hydrogen-bond donors (Lipinski definition) is 2. The van der Waals surface area contributed by atoms with E-state index in [1.54, 1.807) is 19.4 Å². The van der Waals surface area contributed by atoms with E-state index in [0.29, 0.717) is 30.0 Å². The van der Waals surface area contributed by atoms with Gasteiger partial charge in [0.2, 0.25) is 5.89 Å². The molecule has 2 heterocycles. The molecule has 1 unspecified atom stereocenters. The second-order valence-electron chi connectivity index (χ2n) is 7.52. The van der Waals surface area contributed by atoms with E-state index in [0.717, 1.165) is 37.3 Å². The monoisotopic (exact) mass is 553 g/mol. The molecule has 6 nitrogen and oxygen atoms in total. The molecular formula is C23H26F2IN5O. The van der Waals surface area contributed by atoms with E-state index in [1.165, 1.54) is 12.1 Å². The minimum atomic E-state index is -0.820. The molecule has 0 radical (unpaired) electrons. The van der Waals surface area contributed by atoms with Gasteiger partial charge < -0.3 is 20.0 Å². The number of anilines is 1. The molecule has 0 aliphatic carbocycles. The number of nitrogens with zero attached hydrogens (tertiary/aromatic N) is 3. The molecular weight excluding hydrogens is 527 g/mol. The van der Waals surface area contributed by atoms with Crippen LogP contribution in [0, 0.1) is 17.6 Å². The summed E-state index contributed by atoms with van der Waals surface area (Å²) in [4.78, 5) is 10.8. The van der Waals surface area contributed by atoms with Gasteiger partial charge in [0.1, 0.15) is 6.26 Å². The fourth-order valence-corrected chi connectivity index (χ4v) is 3.65. The minimum absolute atomic E-state index is 0. The Morgan fingerprint density at radius 2 is 1.97 bits per heavy atom. The third kappa shape index (κ3) is 5.96. The van der Waals surface area contributed by atoms with Gasteiger partial charge in [0.25, 0.3) is 0 Å². The van der Waals surface area contributed by atoms with Gasteiger partial charge in [-0.15, -0.1) is 24.0 Å². The highest BCUT2D eigenvalue weighted by molar-refractivity contribution is 14.0. The summed E-state index contributed by atoms with van der Waals surface area (Å²) in [5.74, 6) is 0.00792. The molecule has 9 heteroatoms. The molecule has 1 atom stereocenters. The van der Waals surface area contributed by atoms with Crippen molar-refractivity contribution in [3.05, 3.63) is 72.1 Å². The molecule has 2 aromatic carbocycles. The number of rotatable bonds is 6. The first kappa shape index (κ1) is 24.0. The Balaban J connectivity index is 0.00000289. The van der Waals surface area contributed by atoms with E-state index in [9.17, 15) is 8.78 Å². The van der Waals surface area contributed by atoms with Crippen molar-refractivity contribution in [3.63, 3.8) is 0 Å². The summed E-state index contributed by atoms with van der Waals surface area (Å²) in [6, 6.07) is 13.8. The lowest BCUT2D eigenvalue weighted by Gasteiger charge is -2.19. The van der Waals surface area contributed by atoms with Gasteiger partial charge in [-0.2, -0.15) is 0 Å². The summed E-state index contributed by atoms with van der Waals surface area (Å²) in [6.07, 6.45) is 2.60. The summed E-state index contributed by atoms with van der Waals surface area (Å²) >= 11 is 0. The van der Waals surface area contributed by atoms with Crippen LogP contribution >= 0.6 is 24.0 Å². The van der Waals surface area contributed by atoms with E-state index in [2.05, 4.69) is 25.5 Å². The van der Waals surface area contributed by atoms with Crippen LogP contribution in [0.25, 0.3) is 11.5 Å². The zero-order valence-corrected chi connectivity index (χ0v) is 20.1. The fourth-order valence-electron chi connectivity index (χ4n) is 3.65. The fraction of sp³-hybridized carbons (Fsp3) is 0.304. The molecule has 0 saturated carbocycles. The average molecular weight is 553 g/mol. The Morgan fingerprint density at radius 3 is 2.72 bits per heavy atom. The predicted octanol–water partition coefficient (Wildman–Crippen LogP) is 4.43. The van der Waals surface area contributed by atoms with Crippen LogP contribution in [-0.4, -0.2) is 37.6 Å². The average Bonchev–Trinajstić information content (AvgIpc) is 3.46. The van der Waals surface area contributed by atoms with Crippen molar-refractivity contribution < 1.29 is 13.2 Å². The summed E-state index contributed by atoms with van der Waals surface area (Å²) in [5, 5.41) is 6.57. The van der Waals surface area contributed by atoms with Crippen LogP contribution < -0.4 is 15.5 Å². The third-order valence-corrected chi connectivity index (χ3v) is 5.35. The molecule has 1 aliphatic rings. The van der Waals surface area contributed by atoms with E-state index < -0.39 is 11.6 Å². The summed E-state index contributed by atoms with van der Waals surface area (Å²) in [6.45, 7) is 2.80. The van der Waals surface area contributed by atoms with E-state index >= 15 is 0 Å². The second kappa shape index (κ2) is 11.3. The van der Waals surface area contributed by atoms with Crippen molar-refractivity contribution in [1.29, 1.82) is 0 Å². The van der Waals surface area contributed by atoms with E-state index in [-0.39, 0.29) is 24.0 Å². The van der Waals surface area contributed by atoms with Gasteiger partial charge in [-0.1, -0.05) is 18.2 Å².